The zero-order valence-corrected chi connectivity index (χ0v) is 10.9. The molecule has 0 saturated carbocycles. The molecule has 2 atom stereocenters. The highest BCUT2D eigenvalue weighted by Gasteiger charge is 2.17. The van der Waals surface area contributed by atoms with Crippen LogP contribution in [0.4, 0.5) is 8.78 Å². The van der Waals surface area contributed by atoms with Crippen molar-refractivity contribution in [2.75, 3.05) is 0 Å². The van der Waals surface area contributed by atoms with E-state index in [-0.39, 0.29) is 6.04 Å². The van der Waals surface area contributed by atoms with Crippen LogP contribution in [0.2, 0.25) is 0 Å². The van der Waals surface area contributed by atoms with Crippen molar-refractivity contribution in [2.24, 2.45) is 5.92 Å². The number of benzene rings is 1. The minimum atomic E-state index is -0.533. The molecule has 96 valence electrons. The van der Waals surface area contributed by atoms with Gasteiger partial charge in [-0.2, -0.15) is 0 Å². The van der Waals surface area contributed by atoms with Crippen molar-refractivity contribution in [2.45, 2.75) is 46.2 Å². The van der Waals surface area contributed by atoms with Gasteiger partial charge in [-0.1, -0.05) is 26.8 Å². The third kappa shape index (κ3) is 3.77. The van der Waals surface area contributed by atoms with Gasteiger partial charge < -0.3 is 5.32 Å². The van der Waals surface area contributed by atoms with Crippen molar-refractivity contribution in [3.05, 3.63) is 35.4 Å². The second kappa shape index (κ2) is 6.10. The molecule has 0 bridgehead atoms. The van der Waals surface area contributed by atoms with Gasteiger partial charge in [-0.05, 0) is 25.3 Å². The standard InChI is InChI=1S/C14H21F2N/c1-5-14(9(2)3)17-10(4)12-7-6-11(15)8-13(12)16/h6-10,14,17H,5H2,1-4H3. The fraction of sp³-hybridized carbons (Fsp3) is 0.571. The van der Waals surface area contributed by atoms with Crippen LogP contribution in [-0.2, 0) is 0 Å². The van der Waals surface area contributed by atoms with E-state index in [4.69, 9.17) is 0 Å². The molecule has 0 fully saturated rings. The summed E-state index contributed by atoms with van der Waals surface area (Å²) in [4.78, 5) is 0. The number of nitrogens with one attached hydrogen (secondary N) is 1. The van der Waals surface area contributed by atoms with Crippen molar-refractivity contribution in [1.29, 1.82) is 0 Å². The summed E-state index contributed by atoms with van der Waals surface area (Å²) in [6.07, 6.45) is 0.991. The number of hydrogen-bond donors (Lipinski definition) is 1. The molecule has 0 saturated heterocycles. The Bertz CT molecular complexity index is 363. The molecule has 3 heteroatoms. The molecule has 1 aromatic rings. The summed E-state index contributed by atoms with van der Waals surface area (Å²) < 4.78 is 26.4. The quantitative estimate of drug-likeness (QED) is 0.820. The summed E-state index contributed by atoms with van der Waals surface area (Å²) in [6.45, 7) is 8.27. The second-order valence-electron chi connectivity index (χ2n) is 4.81. The van der Waals surface area contributed by atoms with Gasteiger partial charge in [-0.25, -0.2) is 8.78 Å². The largest absolute Gasteiger partial charge is 0.307 e. The molecule has 0 spiro atoms. The van der Waals surface area contributed by atoms with Crippen molar-refractivity contribution in [1.82, 2.24) is 5.32 Å². The Morgan fingerprint density at radius 1 is 1.18 bits per heavy atom. The van der Waals surface area contributed by atoms with E-state index in [0.717, 1.165) is 12.5 Å². The molecule has 0 aliphatic carbocycles. The maximum atomic E-state index is 13.6. The van der Waals surface area contributed by atoms with E-state index < -0.39 is 11.6 Å². The van der Waals surface area contributed by atoms with Crippen LogP contribution in [0, 0.1) is 17.6 Å². The Kier molecular flexibility index (Phi) is 5.06. The summed E-state index contributed by atoms with van der Waals surface area (Å²) >= 11 is 0. The Morgan fingerprint density at radius 3 is 2.29 bits per heavy atom. The van der Waals surface area contributed by atoms with Crippen molar-refractivity contribution < 1.29 is 8.78 Å². The van der Waals surface area contributed by atoms with Gasteiger partial charge in [0, 0.05) is 23.7 Å². The van der Waals surface area contributed by atoms with E-state index in [0.29, 0.717) is 17.5 Å². The van der Waals surface area contributed by atoms with Crippen LogP contribution in [-0.4, -0.2) is 6.04 Å². The Morgan fingerprint density at radius 2 is 1.82 bits per heavy atom. The minimum Gasteiger partial charge on any atom is -0.307 e. The molecule has 0 aromatic heterocycles. The Balaban J connectivity index is 2.78. The van der Waals surface area contributed by atoms with Crippen LogP contribution < -0.4 is 5.32 Å². The summed E-state index contributed by atoms with van der Waals surface area (Å²) in [7, 11) is 0. The molecule has 0 aliphatic rings. The van der Waals surface area contributed by atoms with Gasteiger partial charge in [0.2, 0.25) is 0 Å². The van der Waals surface area contributed by atoms with E-state index >= 15 is 0 Å². The van der Waals surface area contributed by atoms with Crippen molar-refractivity contribution in [3.8, 4) is 0 Å². The van der Waals surface area contributed by atoms with Crippen LogP contribution in [0.15, 0.2) is 18.2 Å². The first kappa shape index (κ1) is 14.1. The smallest absolute Gasteiger partial charge is 0.130 e. The number of halogens is 2. The molecule has 1 rings (SSSR count). The molecule has 0 aliphatic heterocycles. The summed E-state index contributed by atoms with van der Waals surface area (Å²) in [5.74, 6) is -0.524. The summed E-state index contributed by atoms with van der Waals surface area (Å²) in [5, 5.41) is 3.38. The van der Waals surface area contributed by atoms with Crippen LogP contribution in [0.3, 0.4) is 0 Å². The monoisotopic (exact) mass is 241 g/mol. The third-order valence-electron chi connectivity index (χ3n) is 3.14. The zero-order chi connectivity index (χ0) is 13.0. The lowest BCUT2D eigenvalue weighted by Crippen LogP contribution is -2.35. The SMILES string of the molecule is CCC(NC(C)c1ccc(F)cc1F)C(C)C. The first-order valence-corrected chi connectivity index (χ1v) is 6.16. The highest BCUT2D eigenvalue weighted by Crippen LogP contribution is 2.20. The zero-order valence-electron chi connectivity index (χ0n) is 10.9. The van der Waals surface area contributed by atoms with Crippen LogP contribution >= 0.6 is 0 Å². The van der Waals surface area contributed by atoms with E-state index in [2.05, 4.69) is 26.1 Å². The van der Waals surface area contributed by atoms with Gasteiger partial charge in [0.05, 0.1) is 0 Å². The Hall–Kier alpha value is -0.960. The molecule has 0 radical (unpaired) electrons. The fourth-order valence-corrected chi connectivity index (χ4v) is 2.05. The van der Waals surface area contributed by atoms with E-state index in [1.54, 1.807) is 0 Å². The lowest BCUT2D eigenvalue weighted by Gasteiger charge is -2.25. The molecule has 2 unspecified atom stereocenters. The van der Waals surface area contributed by atoms with Gasteiger partial charge in [0.1, 0.15) is 11.6 Å². The van der Waals surface area contributed by atoms with Gasteiger partial charge in [-0.15, -0.1) is 0 Å². The van der Waals surface area contributed by atoms with Crippen LogP contribution in [0.25, 0.3) is 0 Å². The normalized spacial score (nSPS) is 15.0. The van der Waals surface area contributed by atoms with Crippen molar-refractivity contribution >= 4 is 0 Å². The average Bonchev–Trinajstić information content (AvgIpc) is 2.24. The number of hydrogen-bond acceptors (Lipinski definition) is 1. The number of rotatable bonds is 5. The molecule has 0 amide bonds. The molecule has 1 aromatic carbocycles. The average molecular weight is 241 g/mol. The van der Waals surface area contributed by atoms with Gasteiger partial charge in [0.25, 0.3) is 0 Å². The fourth-order valence-electron chi connectivity index (χ4n) is 2.05. The van der Waals surface area contributed by atoms with Crippen molar-refractivity contribution in [3.63, 3.8) is 0 Å². The van der Waals surface area contributed by atoms with Gasteiger partial charge in [0.15, 0.2) is 0 Å². The predicted octanol–water partition coefficient (Wildman–Crippen LogP) is 4.05. The molecule has 1 nitrogen and oxygen atoms in total. The lowest BCUT2D eigenvalue weighted by atomic mass is 9.99. The minimum absolute atomic E-state index is 0.108. The van der Waals surface area contributed by atoms with Crippen LogP contribution in [0.1, 0.15) is 45.7 Å². The van der Waals surface area contributed by atoms with E-state index in [1.165, 1.54) is 12.1 Å². The molecule has 1 N–H and O–H groups in total. The highest BCUT2D eigenvalue weighted by atomic mass is 19.1. The van der Waals surface area contributed by atoms with E-state index in [1.807, 2.05) is 6.92 Å². The third-order valence-corrected chi connectivity index (χ3v) is 3.14. The molecular weight excluding hydrogens is 220 g/mol. The first-order valence-electron chi connectivity index (χ1n) is 6.16. The predicted molar refractivity (Wildman–Crippen MR) is 66.8 cm³/mol. The van der Waals surface area contributed by atoms with Gasteiger partial charge >= 0.3 is 0 Å². The molecular formula is C14H21F2N. The molecule has 17 heavy (non-hydrogen) atoms. The first-order chi connectivity index (χ1) is 7.95. The Labute approximate surface area is 102 Å². The van der Waals surface area contributed by atoms with E-state index in [9.17, 15) is 8.78 Å². The van der Waals surface area contributed by atoms with Crippen LogP contribution in [0.5, 0.6) is 0 Å². The maximum absolute atomic E-state index is 13.6. The molecule has 0 heterocycles. The second-order valence-corrected chi connectivity index (χ2v) is 4.81. The topological polar surface area (TPSA) is 12.0 Å². The summed E-state index contributed by atoms with van der Waals surface area (Å²) in [6, 6.07) is 3.98. The highest BCUT2D eigenvalue weighted by molar-refractivity contribution is 5.21. The summed E-state index contributed by atoms with van der Waals surface area (Å²) in [5.41, 5.74) is 0.519. The lowest BCUT2D eigenvalue weighted by molar-refractivity contribution is 0.351. The van der Waals surface area contributed by atoms with Gasteiger partial charge in [-0.3, -0.25) is 0 Å². The maximum Gasteiger partial charge on any atom is 0.130 e.